The first-order chi connectivity index (χ1) is 7.15. The van der Waals surface area contributed by atoms with Gasteiger partial charge in [0.2, 0.25) is 5.91 Å². The van der Waals surface area contributed by atoms with Gasteiger partial charge in [0.15, 0.2) is 0 Å². The fourth-order valence-corrected chi connectivity index (χ4v) is 2.61. The van der Waals surface area contributed by atoms with E-state index in [-0.39, 0.29) is 11.2 Å². The highest BCUT2D eigenvalue weighted by molar-refractivity contribution is 8.00. The third-order valence-corrected chi connectivity index (χ3v) is 3.65. The molecule has 0 aromatic rings. The lowest BCUT2D eigenvalue weighted by Gasteiger charge is -2.22. The molecule has 5 nitrogen and oxygen atoms in total. The minimum Gasteiger partial charge on any atom is -0.480 e. The average Bonchev–Trinajstić information content (AvgIpc) is 2.26. The molecule has 1 aliphatic heterocycles. The highest BCUT2D eigenvalue weighted by Crippen LogP contribution is 2.24. The molecule has 2 atom stereocenters. The van der Waals surface area contributed by atoms with E-state index in [4.69, 9.17) is 10.2 Å². The van der Waals surface area contributed by atoms with E-state index in [0.29, 0.717) is 0 Å². The summed E-state index contributed by atoms with van der Waals surface area (Å²) >= 11 is 1.55. The Hall–Kier alpha value is -0.750. The molecular weight excluding hydrogens is 218 g/mol. The number of carbonyl (C=O) groups is 2. The maximum absolute atomic E-state index is 11.6. The minimum atomic E-state index is -1.20. The van der Waals surface area contributed by atoms with Crippen molar-refractivity contribution in [2.24, 2.45) is 0 Å². The summed E-state index contributed by atoms with van der Waals surface area (Å²) in [6.45, 7) is -0.571. The van der Waals surface area contributed by atoms with Crippen LogP contribution in [0.4, 0.5) is 0 Å². The van der Waals surface area contributed by atoms with Crippen LogP contribution in [0.1, 0.15) is 19.3 Å². The second-order valence-corrected chi connectivity index (χ2v) is 4.75. The molecule has 0 spiro atoms. The number of aliphatic hydroxyl groups is 1. The topological polar surface area (TPSA) is 86.6 Å². The van der Waals surface area contributed by atoms with Crippen LogP contribution in [0.5, 0.6) is 0 Å². The predicted molar refractivity (Wildman–Crippen MR) is 56.7 cm³/mol. The van der Waals surface area contributed by atoms with Crippen molar-refractivity contribution in [2.45, 2.75) is 30.6 Å². The SMILES string of the molecule is O=C(O)C(CO)NC(=O)C1CCCCS1. The Bertz CT molecular complexity index is 240. The van der Waals surface area contributed by atoms with E-state index in [1.165, 1.54) is 0 Å². The van der Waals surface area contributed by atoms with Crippen LogP contribution < -0.4 is 5.32 Å². The molecule has 1 heterocycles. The van der Waals surface area contributed by atoms with Gasteiger partial charge in [-0.3, -0.25) is 4.79 Å². The summed E-state index contributed by atoms with van der Waals surface area (Å²) in [6.07, 6.45) is 2.90. The van der Waals surface area contributed by atoms with Crippen LogP contribution >= 0.6 is 11.8 Å². The Morgan fingerprint density at radius 1 is 1.47 bits per heavy atom. The van der Waals surface area contributed by atoms with Crippen molar-refractivity contribution < 1.29 is 19.8 Å². The van der Waals surface area contributed by atoms with Crippen LogP contribution in [0, 0.1) is 0 Å². The predicted octanol–water partition coefficient (Wildman–Crippen LogP) is -0.166. The number of carboxylic acid groups (broad SMARTS) is 1. The molecular formula is C9H15NO4S. The van der Waals surface area contributed by atoms with Crippen molar-refractivity contribution in [1.82, 2.24) is 5.32 Å². The van der Waals surface area contributed by atoms with Crippen molar-refractivity contribution >= 4 is 23.6 Å². The van der Waals surface area contributed by atoms with Crippen molar-refractivity contribution in [1.29, 1.82) is 0 Å². The lowest BCUT2D eigenvalue weighted by molar-refractivity contribution is -0.142. The fraction of sp³-hybridized carbons (Fsp3) is 0.778. The molecule has 86 valence electrons. The zero-order chi connectivity index (χ0) is 11.3. The molecule has 3 N–H and O–H groups in total. The molecule has 1 saturated heterocycles. The van der Waals surface area contributed by atoms with Gasteiger partial charge in [0.1, 0.15) is 6.04 Å². The Labute approximate surface area is 92.2 Å². The summed E-state index contributed by atoms with van der Waals surface area (Å²) in [6, 6.07) is -1.18. The number of amides is 1. The maximum atomic E-state index is 11.6. The van der Waals surface area contributed by atoms with Crippen LogP contribution in [-0.4, -0.2) is 45.7 Å². The largest absolute Gasteiger partial charge is 0.480 e. The highest BCUT2D eigenvalue weighted by Gasteiger charge is 2.26. The number of hydrogen-bond donors (Lipinski definition) is 3. The molecule has 1 rings (SSSR count). The first-order valence-corrected chi connectivity index (χ1v) is 5.95. The van der Waals surface area contributed by atoms with E-state index in [1.54, 1.807) is 11.8 Å². The normalized spacial score (nSPS) is 23.1. The van der Waals surface area contributed by atoms with E-state index in [9.17, 15) is 9.59 Å². The van der Waals surface area contributed by atoms with Crippen LogP contribution in [0.25, 0.3) is 0 Å². The number of rotatable bonds is 4. The Kier molecular flexibility index (Phi) is 4.90. The molecule has 0 saturated carbocycles. The standard InChI is InChI=1S/C9H15NO4S/c11-5-6(9(13)14)10-8(12)7-3-1-2-4-15-7/h6-7,11H,1-5H2,(H,10,12)(H,13,14). The summed E-state index contributed by atoms with van der Waals surface area (Å²) in [5, 5.41) is 19.5. The molecule has 0 radical (unpaired) electrons. The monoisotopic (exact) mass is 233 g/mol. The Morgan fingerprint density at radius 3 is 2.67 bits per heavy atom. The average molecular weight is 233 g/mol. The highest BCUT2D eigenvalue weighted by atomic mass is 32.2. The van der Waals surface area contributed by atoms with E-state index >= 15 is 0 Å². The first-order valence-electron chi connectivity index (χ1n) is 4.90. The van der Waals surface area contributed by atoms with Gasteiger partial charge in [-0.25, -0.2) is 4.79 Å². The smallest absolute Gasteiger partial charge is 0.328 e. The van der Waals surface area contributed by atoms with Gasteiger partial charge in [-0.1, -0.05) is 6.42 Å². The summed E-state index contributed by atoms with van der Waals surface area (Å²) in [5.41, 5.74) is 0. The zero-order valence-electron chi connectivity index (χ0n) is 8.31. The van der Waals surface area contributed by atoms with Gasteiger partial charge >= 0.3 is 5.97 Å². The lowest BCUT2D eigenvalue weighted by Crippen LogP contribution is -2.47. The second kappa shape index (κ2) is 5.97. The summed E-state index contributed by atoms with van der Waals surface area (Å²) in [7, 11) is 0. The Morgan fingerprint density at radius 2 is 2.20 bits per heavy atom. The quantitative estimate of drug-likeness (QED) is 0.628. The number of nitrogens with one attached hydrogen (secondary N) is 1. The van der Waals surface area contributed by atoms with Gasteiger partial charge in [0.25, 0.3) is 0 Å². The van der Waals surface area contributed by atoms with Gasteiger partial charge in [-0.05, 0) is 18.6 Å². The van der Waals surface area contributed by atoms with Crippen molar-refractivity contribution in [3.63, 3.8) is 0 Å². The molecule has 6 heteroatoms. The van der Waals surface area contributed by atoms with Gasteiger partial charge < -0.3 is 15.5 Å². The number of hydrogen-bond acceptors (Lipinski definition) is 4. The molecule has 1 amide bonds. The minimum absolute atomic E-state index is 0.160. The summed E-state index contributed by atoms with van der Waals surface area (Å²) < 4.78 is 0. The first kappa shape index (κ1) is 12.3. The van der Waals surface area contributed by atoms with Gasteiger partial charge in [0, 0.05) is 0 Å². The van der Waals surface area contributed by atoms with Crippen molar-refractivity contribution in [3.8, 4) is 0 Å². The third kappa shape index (κ3) is 3.71. The number of aliphatic hydroxyl groups excluding tert-OH is 1. The van der Waals surface area contributed by atoms with Crippen LogP contribution in [0.3, 0.4) is 0 Å². The molecule has 0 aromatic heterocycles. The lowest BCUT2D eigenvalue weighted by atomic mass is 10.1. The molecule has 2 unspecified atom stereocenters. The maximum Gasteiger partial charge on any atom is 0.328 e. The van der Waals surface area contributed by atoms with Crippen LogP contribution in [0.15, 0.2) is 0 Å². The van der Waals surface area contributed by atoms with Gasteiger partial charge in [0.05, 0.1) is 11.9 Å². The van der Waals surface area contributed by atoms with Crippen LogP contribution in [0.2, 0.25) is 0 Å². The number of carbonyl (C=O) groups excluding carboxylic acids is 1. The second-order valence-electron chi connectivity index (χ2n) is 3.44. The fourth-order valence-electron chi connectivity index (χ4n) is 1.40. The van der Waals surface area contributed by atoms with E-state index in [1.807, 2.05) is 0 Å². The Balaban J connectivity index is 2.42. The molecule has 1 fully saturated rings. The number of thioether (sulfide) groups is 1. The van der Waals surface area contributed by atoms with E-state index in [2.05, 4.69) is 5.32 Å². The van der Waals surface area contributed by atoms with Crippen molar-refractivity contribution in [2.75, 3.05) is 12.4 Å². The van der Waals surface area contributed by atoms with E-state index in [0.717, 1.165) is 25.0 Å². The van der Waals surface area contributed by atoms with Gasteiger partial charge in [-0.2, -0.15) is 0 Å². The van der Waals surface area contributed by atoms with E-state index < -0.39 is 18.6 Å². The summed E-state index contributed by atoms with van der Waals surface area (Å²) in [5.74, 6) is -0.539. The number of carboxylic acids is 1. The number of aliphatic carboxylic acids is 1. The van der Waals surface area contributed by atoms with Crippen molar-refractivity contribution in [3.05, 3.63) is 0 Å². The zero-order valence-corrected chi connectivity index (χ0v) is 9.13. The molecule has 1 aliphatic rings. The molecule has 15 heavy (non-hydrogen) atoms. The van der Waals surface area contributed by atoms with Gasteiger partial charge in [-0.15, -0.1) is 11.8 Å². The summed E-state index contributed by atoms with van der Waals surface area (Å²) in [4.78, 5) is 22.1. The third-order valence-electron chi connectivity index (χ3n) is 2.27. The molecule has 0 aliphatic carbocycles. The van der Waals surface area contributed by atoms with Crippen LogP contribution in [-0.2, 0) is 9.59 Å². The molecule has 0 bridgehead atoms. The molecule has 0 aromatic carbocycles.